The Bertz CT molecular complexity index is 325. The van der Waals surface area contributed by atoms with E-state index >= 15 is 0 Å². The Labute approximate surface area is 81.9 Å². The molecule has 1 aliphatic carbocycles. The average molecular weight is 196 g/mol. The predicted octanol–water partition coefficient (Wildman–Crippen LogP) is 1.48. The highest BCUT2D eigenvalue weighted by Crippen LogP contribution is 2.25. The van der Waals surface area contributed by atoms with Crippen LogP contribution in [0, 0.1) is 5.92 Å². The molecule has 0 aliphatic heterocycles. The fourth-order valence-corrected chi connectivity index (χ4v) is 1.39. The molecule has 0 aromatic rings. The van der Waals surface area contributed by atoms with Crippen molar-refractivity contribution in [2.45, 2.75) is 20.3 Å². The van der Waals surface area contributed by atoms with Crippen molar-refractivity contribution in [1.82, 2.24) is 0 Å². The van der Waals surface area contributed by atoms with E-state index < -0.39 is 11.9 Å². The lowest BCUT2D eigenvalue weighted by Gasteiger charge is -2.17. The summed E-state index contributed by atoms with van der Waals surface area (Å²) in [5.74, 6) is -1.49. The van der Waals surface area contributed by atoms with E-state index in [1.165, 1.54) is 13.0 Å². The molecule has 4 nitrogen and oxygen atoms in total. The summed E-state index contributed by atoms with van der Waals surface area (Å²) >= 11 is 0. The topological polar surface area (TPSA) is 63.6 Å². The minimum Gasteiger partial charge on any atom is -0.478 e. The molecule has 76 valence electrons. The summed E-state index contributed by atoms with van der Waals surface area (Å²) in [5, 5.41) is 8.91. The van der Waals surface area contributed by atoms with Crippen molar-refractivity contribution < 1.29 is 19.4 Å². The highest BCUT2D eigenvalue weighted by atomic mass is 16.5. The third-order valence-electron chi connectivity index (χ3n) is 2.00. The van der Waals surface area contributed by atoms with Gasteiger partial charge < -0.3 is 9.84 Å². The molecular weight excluding hydrogens is 184 g/mol. The van der Waals surface area contributed by atoms with Gasteiger partial charge in [0.1, 0.15) is 5.76 Å². The van der Waals surface area contributed by atoms with Crippen LogP contribution in [0.5, 0.6) is 0 Å². The van der Waals surface area contributed by atoms with Gasteiger partial charge in [-0.1, -0.05) is 13.0 Å². The average Bonchev–Trinajstić information content (AvgIpc) is 2.01. The molecule has 4 heteroatoms. The lowest BCUT2D eigenvalue weighted by atomic mass is 9.92. The van der Waals surface area contributed by atoms with E-state index in [-0.39, 0.29) is 17.3 Å². The number of hydrogen-bond acceptors (Lipinski definition) is 3. The van der Waals surface area contributed by atoms with Crippen LogP contribution < -0.4 is 0 Å². The number of rotatable bonds is 2. The number of carboxylic acid groups (broad SMARTS) is 1. The molecule has 0 bridgehead atoms. The Kier molecular flexibility index (Phi) is 3.06. The Morgan fingerprint density at radius 1 is 1.57 bits per heavy atom. The standard InChI is InChI=1S/C10H12O4/c1-6-4-3-5-8(14-7(2)11)9(6)10(12)13/h3,5-6H,4H2,1-2H3,(H,12,13). The van der Waals surface area contributed by atoms with Crippen LogP contribution in [0.1, 0.15) is 20.3 Å². The van der Waals surface area contributed by atoms with Crippen LogP contribution in [-0.4, -0.2) is 17.0 Å². The second-order valence-corrected chi connectivity index (χ2v) is 3.22. The summed E-state index contributed by atoms with van der Waals surface area (Å²) in [7, 11) is 0. The van der Waals surface area contributed by atoms with Crippen molar-refractivity contribution in [1.29, 1.82) is 0 Å². The van der Waals surface area contributed by atoms with E-state index in [0.717, 1.165) is 0 Å². The highest BCUT2D eigenvalue weighted by Gasteiger charge is 2.24. The molecule has 1 N–H and O–H groups in total. The van der Waals surface area contributed by atoms with Gasteiger partial charge in [-0.3, -0.25) is 4.79 Å². The molecule has 1 aliphatic rings. The van der Waals surface area contributed by atoms with E-state index in [9.17, 15) is 9.59 Å². The number of carboxylic acids is 1. The Morgan fingerprint density at radius 3 is 2.71 bits per heavy atom. The summed E-state index contributed by atoms with van der Waals surface area (Å²) in [6, 6.07) is 0. The minimum atomic E-state index is -1.03. The van der Waals surface area contributed by atoms with Gasteiger partial charge in [-0.15, -0.1) is 0 Å². The number of carbonyl (C=O) groups is 2. The van der Waals surface area contributed by atoms with Crippen LogP contribution in [0.2, 0.25) is 0 Å². The molecule has 0 saturated heterocycles. The maximum Gasteiger partial charge on any atom is 0.335 e. The van der Waals surface area contributed by atoms with Crippen LogP contribution in [0.25, 0.3) is 0 Å². The van der Waals surface area contributed by atoms with Crippen molar-refractivity contribution in [2.75, 3.05) is 0 Å². The van der Waals surface area contributed by atoms with Crippen LogP contribution in [-0.2, 0) is 14.3 Å². The highest BCUT2D eigenvalue weighted by molar-refractivity contribution is 5.89. The third kappa shape index (κ3) is 2.22. The zero-order chi connectivity index (χ0) is 10.7. The molecule has 1 atom stereocenters. The number of ether oxygens (including phenoxy) is 1. The van der Waals surface area contributed by atoms with E-state index in [0.29, 0.717) is 6.42 Å². The molecule has 0 radical (unpaired) electrons. The number of hydrogen-bond donors (Lipinski definition) is 1. The first-order valence-corrected chi connectivity index (χ1v) is 4.34. The minimum absolute atomic E-state index is 0.119. The van der Waals surface area contributed by atoms with Crippen molar-refractivity contribution in [3.63, 3.8) is 0 Å². The van der Waals surface area contributed by atoms with E-state index in [2.05, 4.69) is 0 Å². The van der Waals surface area contributed by atoms with Gasteiger partial charge in [-0.2, -0.15) is 0 Å². The summed E-state index contributed by atoms with van der Waals surface area (Å²) in [4.78, 5) is 21.6. The summed E-state index contributed by atoms with van der Waals surface area (Å²) in [6.45, 7) is 3.04. The van der Waals surface area contributed by atoms with Crippen LogP contribution >= 0.6 is 0 Å². The van der Waals surface area contributed by atoms with Gasteiger partial charge in [0.25, 0.3) is 0 Å². The molecule has 1 rings (SSSR count). The van der Waals surface area contributed by atoms with Gasteiger partial charge in [0.05, 0.1) is 5.57 Å². The Balaban J connectivity index is 3.03. The molecule has 1 unspecified atom stereocenters. The Hall–Kier alpha value is -1.58. The fraction of sp³-hybridized carbons (Fsp3) is 0.400. The molecule has 0 amide bonds. The van der Waals surface area contributed by atoms with Gasteiger partial charge in [0.2, 0.25) is 0 Å². The van der Waals surface area contributed by atoms with Gasteiger partial charge in [-0.25, -0.2) is 4.79 Å². The van der Waals surface area contributed by atoms with Gasteiger partial charge >= 0.3 is 11.9 Å². The lowest BCUT2D eigenvalue weighted by molar-refractivity contribution is -0.137. The summed E-state index contributed by atoms with van der Waals surface area (Å²) in [6.07, 6.45) is 3.99. The van der Waals surface area contributed by atoms with Crippen LogP contribution in [0.4, 0.5) is 0 Å². The normalized spacial score (nSPS) is 20.9. The zero-order valence-electron chi connectivity index (χ0n) is 8.11. The second-order valence-electron chi connectivity index (χ2n) is 3.22. The lowest BCUT2D eigenvalue weighted by Crippen LogP contribution is -2.16. The monoisotopic (exact) mass is 196 g/mol. The predicted molar refractivity (Wildman–Crippen MR) is 49.3 cm³/mol. The molecule has 0 aromatic heterocycles. The van der Waals surface area contributed by atoms with Gasteiger partial charge in [0, 0.05) is 6.92 Å². The summed E-state index contributed by atoms with van der Waals surface area (Å²) in [5.41, 5.74) is 0.169. The first kappa shape index (κ1) is 10.5. The Morgan fingerprint density at radius 2 is 2.21 bits per heavy atom. The zero-order valence-corrected chi connectivity index (χ0v) is 8.11. The molecule has 0 spiro atoms. The number of esters is 1. The van der Waals surface area contributed by atoms with E-state index in [4.69, 9.17) is 9.84 Å². The number of allylic oxidation sites excluding steroid dienone is 2. The molecule has 0 heterocycles. The summed E-state index contributed by atoms with van der Waals surface area (Å²) < 4.78 is 4.81. The first-order chi connectivity index (χ1) is 6.52. The van der Waals surface area contributed by atoms with E-state index in [1.54, 1.807) is 13.0 Å². The maximum atomic E-state index is 10.9. The quantitative estimate of drug-likeness (QED) is 0.679. The van der Waals surface area contributed by atoms with Crippen molar-refractivity contribution >= 4 is 11.9 Å². The third-order valence-corrected chi connectivity index (χ3v) is 2.00. The van der Waals surface area contributed by atoms with Crippen LogP contribution in [0.3, 0.4) is 0 Å². The SMILES string of the molecule is CC(=O)OC1=C(C(=O)O)C(C)CC=C1. The number of aliphatic carboxylic acids is 1. The fourth-order valence-electron chi connectivity index (χ4n) is 1.39. The second kappa shape index (κ2) is 4.09. The smallest absolute Gasteiger partial charge is 0.335 e. The number of carbonyl (C=O) groups excluding carboxylic acids is 1. The van der Waals surface area contributed by atoms with Gasteiger partial charge in [0.15, 0.2) is 0 Å². The van der Waals surface area contributed by atoms with Crippen molar-refractivity contribution in [3.05, 3.63) is 23.5 Å². The van der Waals surface area contributed by atoms with Crippen molar-refractivity contribution in [2.24, 2.45) is 5.92 Å². The van der Waals surface area contributed by atoms with E-state index in [1.807, 2.05) is 0 Å². The first-order valence-electron chi connectivity index (χ1n) is 4.34. The molecule has 0 fully saturated rings. The largest absolute Gasteiger partial charge is 0.478 e. The molecule has 14 heavy (non-hydrogen) atoms. The molecule has 0 aromatic carbocycles. The molecule has 0 saturated carbocycles. The van der Waals surface area contributed by atoms with Crippen molar-refractivity contribution in [3.8, 4) is 0 Å². The van der Waals surface area contributed by atoms with Gasteiger partial charge in [-0.05, 0) is 18.4 Å². The molecular formula is C10H12O4. The van der Waals surface area contributed by atoms with Crippen LogP contribution in [0.15, 0.2) is 23.5 Å². The maximum absolute atomic E-state index is 10.9.